The van der Waals surface area contributed by atoms with Crippen molar-refractivity contribution in [3.63, 3.8) is 0 Å². The number of hydrogen-bond donors (Lipinski definition) is 1. The smallest absolute Gasteiger partial charge is 0.272 e. The van der Waals surface area contributed by atoms with Gasteiger partial charge in [-0.2, -0.15) is 0 Å². The Balaban J connectivity index is 1.75. The molecular weight excluding hydrogens is 358 g/mol. The Hall–Kier alpha value is -3.35. The number of carbonyl (C=O) groups is 1. The number of rotatable bonds is 7. The Bertz CT molecular complexity index is 1060. The number of nitrogens with one attached hydrogen (secondary N) is 1. The lowest BCUT2D eigenvalue weighted by Gasteiger charge is -2.13. The molecule has 1 amide bonds. The number of nitrogens with zero attached hydrogens (tertiary/aromatic N) is 2. The van der Waals surface area contributed by atoms with Crippen molar-refractivity contribution in [2.24, 2.45) is 0 Å². The summed E-state index contributed by atoms with van der Waals surface area (Å²) in [7, 11) is 1.58. The minimum Gasteiger partial charge on any atom is -0.493 e. The van der Waals surface area contributed by atoms with Gasteiger partial charge in [0.15, 0.2) is 11.5 Å². The summed E-state index contributed by atoms with van der Waals surface area (Å²) >= 11 is 0. The normalized spacial score (nSPS) is 10.7. The zero-order chi connectivity index (χ0) is 20.1. The van der Waals surface area contributed by atoms with Crippen LogP contribution in [0.15, 0.2) is 47.3 Å². The van der Waals surface area contributed by atoms with Gasteiger partial charge >= 0.3 is 0 Å². The summed E-state index contributed by atoms with van der Waals surface area (Å²) in [6, 6.07) is 12.8. The van der Waals surface area contributed by atoms with E-state index < -0.39 is 0 Å². The molecule has 0 atom stereocenters. The Kier molecular flexibility index (Phi) is 5.93. The van der Waals surface area contributed by atoms with Gasteiger partial charge < -0.3 is 14.8 Å². The molecule has 28 heavy (non-hydrogen) atoms. The number of ether oxygens (including phenoxy) is 2. The van der Waals surface area contributed by atoms with Gasteiger partial charge in [-0.25, -0.2) is 4.98 Å². The van der Waals surface area contributed by atoms with Crippen molar-refractivity contribution in [3.8, 4) is 11.5 Å². The summed E-state index contributed by atoms with van der Waals surface area (Å²) in [4.78, 5) is 29.2. The molecule has 0 radical (unpaired) electrons. The molecule has 0 unspecified atom stereocenters. The Morgan fingerprint density at radius 2 is 1.96 bits per heavy atom. The molecule has 3 aromatic rings. The first kappa shape index (κ1) is 19.4. The molecule has 7 heteroatoms. The van der Waals surface area contributed by atoms with E-state index >= 15 is 0 Å². The van der Waals surface area contributed by atoms with Crippen LogP contribution in [0.5, 0.6) is 11.5 Å². The van der Waals surface area contributed by atoms with E-state index in [1.807, 2.05) is 37.3 Å². The van der Waals surface area contributed by atoms with Gasteiger partial charge in [-0.3, -0.25) is 14.2 Å². The molecule has 2 aromatic carbocycles. The van der Waals surface area contributed by atoms with Crippen LogP contribution < -0.4 is 20.3 Å². The molecule has 0 bridgehead atoms. The van der Waals surface area contributed by atoms with E-state index in [0.717, 1.165) is 5.56 Å². The fraction of sp³-hybridized carbons (Fsp3) is 0.286. The maximum absolute atomic E-state index is 12.5. The van der Waals surface area contributed by atoms with E-state index in [1.54, 1.807) is 26.2 Å². The summed E-state index contributed by atoms with van der Waals surface area (Å²) in [5.74, 6) is 1.01. The molecule has 0 aliphatic heterocycles. The molecule has 3 rings (SSSR count). The summed E-state index contributed by atoms with van der Waals surface area (Å²) in [6.45, 7) is 4.31. The van der Waals surface area contributed by atoms with E-state index in [0.29, 0.717) is 41.4 Å². The first-order valence-corrected chi connectivity index (χ1v) is 9.06. The highest BCUT2D eigenvalue weighted by molar-refractivity contribution is 5.80. The van der Waals surface area contributed by atoms with Gasteiger partial charge in [-0.05, 0) is 43.7 Å². The number of methoxy groups -OCH3 is 1. The Morgan fingerprint density at radius 3 is 2.71 bits per heavy atom. The number of amides is 1. The van der Waals surface area contributed by atoms with E-state index in [4.69, 9.17) is 9.47 Å². The number of carbonyl (C=O) groups excluding carboxylic acids is 1. The van der Waals surface area contributed by atoms with Crippen LogP contribution in [0.4, 0.5) is 0 Å². The quantitative estimate of drug-likeness (QED) is 0.680. The van der Waals surface area contributed by atoms with Crippen molar-refractivity contribution in [1.29, 1.82) is 0 Å². The lowest BCUT2D eigenvalue weighted by atomic mass is 10.2. The van der Waals surface area contributed by atoms with Gasteiger partial charge in [-0.15, -0.1) is 0 Å². The van der Waals surface area contributed by atoms with Gasteiger partial charge in [0.2, 0.25) is 5.91 Å². The van der Waals surface area contributed by atoms with Crippen LogP contribution in [0.25, 0.3) is 11.0 Å². The van der Waals surface area contributed by atoms with Crippen molar-refractivity contribution < 1.29 is 14.3 Å². The molecule has 0 aliphatic carbocycles. The molecule has 7 nitrogen and oxygen atoms in total. The second kappa shape index (κ2) is 8.56. The van der Waals surface area contributed by atoms with E-state index in [-0.39, 0.29) is 18.0 Å². The average Bonchev–Trinajstić information content (AvgIpc) is 2.70. The fourth-order valence-electron chi connectivity index (χ4n) is 2.98. The number of aromatic nitrogens is 2. The lowest BCUT2D eigenvalue weighted by Crippen LogP contribution is -2.33. The third-order valence-corrected chi connectivity index (χ3v) is 4.33. The number of fused-ring (bicyclic) bond motifs is 1. The summed E-state index contributed by atoms with van der Waals surface area (Å²) in [5, 5.41) is 2.85. The molecule has 1 heterocycles. The van der Waals surface area contributed by atoms with Crippen LogP contribution >= 0.6 is 0 Å². The van der Waals surface area contributed by atoms with Crippen LogP contribution in [0.3, 0.4) is 0 Å². The highest BCUT2D eigenvalue weighted by Crippen LogP contribution is 2.27. The third-order valence-electron chi connectivity index (χ3n) is 4.33. The monoisotopic (exact) mass is 381 g/mol. The fourth-order valence-corrected chi connectivity index (χ4v) is 2.98. The van der Waals surface area contributed by atoms with Gasteiger partial charge in [0.05, 0.1) is 24.8 Å². The summed E-state index contributed by atoms with van der Waals surface area (Å²) in [5.41, 5.74) is 2.29. The van der Waals surface area contributed by atoms with Crippen LogP contribution in [0.2, 0.25) is 0 Å². The Labute approximate surface area is 162 Å². The molecule has 0 saturated heterocycles. The molecule has 1 aromatic heterocycles. The van der Waals surface area contributed by atoms with Crippen molar-refractivity contribution in [1.82, 2.24) is 14.9 Å². The lowest BCUT2D eigenvalue weighted by molar-refractivity contribution is -0.121. The standard InChI is InChI=1S/C21H23N3O4/c1-4-28-19-11-15(9-10-18(19)27-3)12-22-20(25)13-24-17-8-6-5-7-16(17)23-14(2)21(24)26/h5-11H,4,12-13H2,1-3H3,(H,22,25). The van der Waals surface area contributed by atoms with Gasteiger partial charge in [0.1, 0.15) is 12.2 Å². The Morgan fingerprint density at radius 1 is 1.18 bits per heavy atom. The first-order valence-electron chi connectivity index (χ1n) is 9.06. The number of benzene rings is 2. The number of hydrogen-bond acceptors (Lipinski definition) is 5. The van der Waals surface area contributed by atoms with Crippen molar-refractivity contribution in [2.75, 3.05) is 13.7 Å². The summed E-state index contributed by atoms with van der Waals surface area (Å²) < 4.78 is 12.3. The topological polar surface area (TPSA) is 82.5 Å². The SMILES string of the molecule is CCOc1cc(CNC(=O)Cn2c(=O)c(C)nc3ccccc32)ccc1OC. The largest absolute Gasteiger partial charge is 0.493 e. The second-order valence-electron chi connectivity index (χ2n) is 6.27. The molecular formula is C21H23N3O4. The predicted molar refractivity (Wildman–Crippen MR) is 107 cm³/mol. The zero-order valence-electron chi connectivity index (χ0n) is 16.2. The predicted octanol–water partition coefficient (Wildman–Crippen LogP) is 2.43. The van der Waals surface area contributed by atoms with Crippen molar-refractivity contribution >= 4 is 16.9 Å². The van der Waals surface area contributed by atoms with Crippen molar-refractivity contribution in [2.45, 2.75) is 26.9 Å². The molecule has 0 saturated carbocycles. The second-order valence-corrected chi connectivity index (χ2v) is 6.27. The minimum absolute atomic E-state index is 0.0722. The average molecular weight is 381 g/mol. The third kappa shape index (κ3) is 4.14. The van der Waals surface area contributed by atoms with Gasteiger partial charge in [0.25, 0.3) is 5.56 Å². The highest BCUT2D eigenvalue weighted by atomic mass is 16.5. The number of aryl methyl sites for hydroxylation is 1. The van der Waals surface area contributed by atoms with Crippen LogP contribution in [-0.4, -0.2) is 29.2 Å². The van der Waals surface area contributed by atoms with Gasteiger partial charge in [-0.1, -0.05) is 18.2 Å². The van der Waals surface area contributed by atoms with Crippen molar-refractivity contribution in [3.05, 3.63) is 64.1 Å². The minimum atomic E-state index is -0.267. The van der Waals surface area contributed by atoms with Crippen LogP contribution in [-0.2, 0) is 17.9 Å². The molecule has 1 N–H and O–H groups in total. The molecule has 0 spiro atoms. The first-order chi connectivity index (χ1) is 13.5. The van der Waals surface area contributed by atoms with Crippen LogP contribution in [0, 0.1) is 6.92 Å². The highest BCUT2D eigenvalue weighted by Gasteiger charge is 2.12. The van der Waals surface area contributed by atoms with E-state index in [1.165, 1.54) is 4.57 Å². The molecule has 146 valence electrons. The van der Waals surface area contributed by atoms with Gasteiger partial charge in [0, 0.05) is 6.54 Å². The molecule has 0 aliphatic rings. The van der Waals surface area contributed by atoms with E-state index in [2.05, 4.69) is 10.3 Å². The van der Waals surface area contributed by atoms with E-state index in [9.17, 15) is 9.59 Å². The maximum Gasteiger partial charge on any atom is 0.272 e. The summed E-state index contributed by atoms with van der Waals surface area (Å²) in [6.07, 6.45) is 0. The zero-order valence-corrected chi connectivity index (χ0v) is 16.2. The molecule has 0 fully saturated rings. The van der Waals surface area contributed by atoms with Crippen LogP contribution in [0.1, 0.15) is 18.2 Å². The maximum atomic E-state index is 12.5. The number of para-hydroxylation sites is 2.